The van der Waals surface area contributed by atoms with E-state index in [1.807, 2.05) is 32.8 Å². The molecule has 15 nitrogen and oxygen atoms in total. The summed E-state index contributed by atoms with van der Waals surface area (Å²) in [7, 11) is -5.07. The van der Waals surface area contributed by atoms with Gasteiger partial charge in [-0.15, -0.1) is 0 Å². The van der Waals surface area contributed by atoms with Gasteiger partial charge < -0.3 is 40.3 Å². The molecular weight excluding hydrogens is 755 g/mol. The Morgan fingerprint density at radius 1 is 1.00 bits per heavy atom. The van der Waals surface area contributed by atoms with Crippen molar-refractivity contribution in [2.75, 3.05) is 36.7 Å². The van der Waals surface area contributed by atoms with Crippen molar-refractivity contribution in [3.63, 3.8) is 0 Å². The minimum absolute atomic E-state index is 0.0531. The van der Waals surface area contributed by atoms with Crippen molar-refractivity contribution in [2.45, 2.75) is 93.7 Å². The summed E-state index contributed by atoms with van der Waals surface area (Å²) in [5, 5.41) is 39.7. The molecule has 3 aromatic carbocycles. The fraction of sp³-hybridized carbons (Fsp3) is 0.500. The van der Waals surface area contributed by atoms with E-state index in [4.69, 9.17) is 14.0 Å². The Bertz CT molecular complexity index is 2000. The molecule has 0 aliphatic carbocycles. The van der Waals surface area contributed by atoms with Crippen molar-refractivity contribution >= 4 is 37.6 Å². The van der Waals surface area contributed by atoms with Crippen molar-refractivity contribution in [3.8, 4) is 0 Å². The van der Waals surface area contributed by atoms with Crippen molar-refractivity contribution in [1.82, 2.24) is 5.32 Å². The molecule has 2 aliphatic rings. The molecule has 1 unspecified atom stereocenters. The zero-order chi connectivity index (χ0) is 40.1. The van der Waals surface area contributed by atoms with Gasteiger partial charge in [0.15, 0.2) is 16.1 Å². The van der Waals surface area contributed by atoms with Crippen molar-refractivity contribution in [1.29, 1.82) is 0 Å². The molecule has 3 aromatic rings. The predicted molar refractivity (Wildman–Crippen MR) is 205 cm³/mol. The third-order valence-electron chi connectivity index (χ3n) is 10.5. The van der Waals surface area contributed by atoms with E-state index in [1.54, 1.807) is 72.8 Å². The molecule has 2 amide bonds. The number of aliphatic hydroxyl groups excluding tert-OH is 3. The molecule has 0 spiro atoms. The number of hydrogen-bond acceptors (Lipinski definition) is 12. The molecule has 5 rings (SSSR count). The highest BCUT2D eigenvalue weighted by Crippen LogP contribution is 2.49. The maximum atomic E-state index is 14.0. The van der Waals surface area contributed by atoms with Crippen LogP contribution in [0, 0.1) is 5.41 Å². The summed E-state index contributed by atoms with van der Waals surface area (Å²) in [4.78, 5) is 15.5. The second-order valence-corrected chi connectivity index (χ2v) is 17.4. The fourth-order valence-corrected chi connectivity index (χ4v) is 9.98. The van der Waals surface area contributed by atoms with Gasteiger partial charge in [0.1, 0.15) is 24.4 Å². The molecule has 302 valence electrons. The molecule has 2 aliphatic heterocycles. The minimum atomic E-state index is -4.93. The molecule has 6 N–H and O–H groups in total. The second-order valence-electron chi connectivity index (χ2n) is 14.4. The van der Waals surface area contributed by atoms with Crippen LogP contribution < -0.4 is 15.5 Å². The number of nitrogens with zero attached hydrogens (tertiary/aromatic N) is 1. The number of aliphatic hydroxyl groups is 3. The molecule has 0 saturated carbocycles. The van der Waals surface area contributed by atoms with Crippen molar-refractivity contribution < 1.29 is 55.2 Å². The lowest BCUT2D eigenvalue weighted by molar-refractivity contribution is -0.246. The molecule has 8 atom stereocenters. The van der Waals surface area contributed by atoms with Gasteiger partial charge in [0.05, 0.1) is 30.0 Å². The highest BCUT2D eigenvalue weighted by Gasteiger charge is 2.49. The summed E-state index contributed by atoms with van der Waals surface area (Å²) in [6.07, 6.45) is -6.32. The van der Waals surface area contributed by atoms with E-state index in [0.717, 1.165) is 18.5 Å². The average Bonchev–Trinajstić information content (AvgIpc) is 3.21. The number of hydrogen-bond donors (Lipinski definition) is 6. The molecule has 1 fully saturated rings. The normalized spacial score (nSPS) is 27.7. The lowest BCUT2D eigenvalue weighted by atomic mass is 9.69. The number of rotatable bonds is 14. The van der Waals surface area contributed by atoms with E-state index >= 15 is 0 Å². The van der Waals surface area contributed by atoms with E-state index < -0.39 is 81.0 Å². The molecule has 1 saturated heterocycles. The monoisotopic (exact) mass is 805 g/mol. The van der Waals surface area contributed by atoms with Gasteiger partial charge in [0, 0.05) is 36.8 Å². The number of unbranched alkanes of at least 4 members (excludes halogenated alkanes) is 1. The highest BCUT2D eigenvalue weighted by molar-refractivity contribution is 7.91. The van der Waals surface area contributed by atoms with Crippen LogP contribution in [0.1, 0.15) is 62.1 Å². The first-order chi connectivity index (χ1) is 26.0. The standard InChI is InChI=1S/C38H51N3O12S2/c1-5-7-18-38(6-2)23-54(46,47)30-17-16-27(41(3)4)20-28(30)31(35(38)44)25-14-11-15-26(19-25)39-37(45)40-36-33(43)34(51-21-24-12-9-8-10-13-24)32(42)29(53-36)22-52-55(48,49)50/h8-17,19-20,29,31-36,42-44H,5-7,18,21-23H2,1-4H3,(H2,39,40,45)(H,48,49,50)/t29-,31-,32-,33?,34+,35-,36-,38-/m1/s1. The number of anilines is 2. The Morgan fingerprint density at radius 3 is 2.38 bits per heavy atom. The van der Waals surface area contributed by atoms with Crippen molar-refractivity contribution in [3.05, 3.63) is 89.5 Å². The lowest BCUT2D eigenvalue weighted by Crippen LogP contribution is -2.64. The number of urea groups is 1. The number of ether oxygens (including phenoxy) is 2. The van der Waals surface area contributed by atoms with E-state index in [0.29, 0.717) is 29.5 Å². The summed E-state index contributed by atoms with van der Waals surface area (Å²) in [5.41, 5.74) is 1.78. The number of benzene rings is 3. The third kappa shape index (κ3) is 10.0. The van der Waals surface area contributed by atoms with Gasteiger partial charge in [0.2, 0.25) is 0 Å². The first-order valence-corrected chi connectivity index (χ1v) is 21.2. The van der Waals surface area contributed by atoms with Crippen LogP contribution in [0.4, 0.5) is 16.2 Å². The molecule has 0 bridgehead atoms. The van der Waals surface area contributed by atoms with Crippen molar-refractivity contribution in [2.24, 2.45) is 5.41 Å². The zero-order valence-electron chi connectivity index (χ0n) is 31.2. The quantitative estimate of drug-likeness (QED) is 0.129. The van der Waals surface area contributed by atoms with E-state index in [-0.39, 0.29) is 22.9 Å². The van der Waals surface area contributed by atoms with Gasteiger partial charge >= 0.3 is 16.4 Å². The smallest absolute Gasteiger partial charge is 0.392 e. The molecule has 2 heterocycles. The van der Waals surface area contributed by atoms with E-state index in [9.17, 15) is 36.9 Å². The highest BCUT2D eigenvalue weighted by atomic mass is 32.3. The summed E-state index contributed by atoms with van der Waals surface area (Å²) < 4.78 is 75.7. The predicted octanol–water partition coefficient (Wildman–Crippen LogP) is 3.59. The Kier molecular flexibility index (Phi) is 13.6. The Hall–Kier alpha value is -3.65. The maximum Gasteiger partial charge on any atom is 0.397 e. The van der Waals surface area contributed by atoms with Crippen LogP contribution in [-0.4, -0.2) is 106 Å². The molecular formula is C38H51N3O12S2. The number of nitrogens with one attached hydrogen (secondary N) is 2. The Balaban J connectivity index is 1.43. The van der Waals surface area contributed by atoms with E-state index in [2.05, 4.69) is 14.8 Å². The van der Waals surface area contributed by atoms with Crippen LogP contribution >= 0.6 is 0 Å². The molecule has 0 radical (unpaired) electrons. The first-order valence-electron chi connectivity index (χ1n) is 18.2. The second kappa shape index (κ2) is 17.7. The number of sulfone groups is 1. The Labute approximate surface area is 322 Å². The van der Waals surface area contributed by atoms with Gasteiger partial charge in [-0.2, -0.15) is 8.42 Å². The largest absolute Gasteiger partial charge is 0.397 e. The van der Waals surface area contributed by atoms with Gasteiger partial charge in [-0.25, -0.2) is 17.4 Å². The van der Waals surface area contributed by atoms with Crippen LogP contribution in [0.15, 0.2) is 77.7 Å². The number of fused-ring (bicyclic) bond motifs is 1. The molecule has 0 aromatic heterocycles. The van der Waals surface area contributed by atoms with Gasteiger partial charge in [0.25, 0.3) is 0 Å². The lowest BCUT2D eigenvalue weighted by Gasteiger charge is -2.42. The van der Waals surface area contributed by atoms with Crippen LogP contribution in [0.5, 0.6) is 0 Å². The van der Waals surface area contributed by atoms with Crippen LogP contribution in [0.25, 0.3) is 0 Å². The Morgan fingerprint density at radius 2 is 1.73 bits per heavy atom. The van der Waals surface area contributed by atoms with Crippen LogP contribution in [0.3, 0.4) is 0 Å². The molecule has 55 heavy (non-hydrogen) atoms. The average molecular weight is 806 g/mol. The van der Waals surface area contributed by atoms with Gasteiger partial charge in [-0.3, -0.25) is 4.55 Å². The number of carbonyl (C=O) groups excluding carboxylic acids is 1. The topological polar surface area (TPSA) is 221 Å². The maximum absolute atomic E-state index is 14.0. The zero-order valence-corrected chi connectivity index (χ0v) is 32.9. The number of carbonyl (C=O) groups is 1. The fourth-order valence-electron chi connectivity index (χ4n) is 7.42. The molecule has 17 heteroatoms. The van der Waals surface area contributed by atoms with Gasteiger partial charge in [-0.1, -0.05) is 69.2 Å². The summed E-state index contributed by atoms with van der Waals surface area (Å²) >= 11 is 0. The first kappa shape index (κ1) is 42.5. The summed E-state index contributed by atoms with van der Waals surface area (Å²) in [6, 6.07) is 19.8. The summed E-state index contributed by atoms with van der Waals surface area (Å²) in [6.45, 7) is 3.00. The SMILES string of the molecule is CCCC[C@]1(CC)CS(=O)(=O)c2ccc(N(C)C)cc2[C@@H](c2cccc(NC(=O)N[C@@H]3O[C@H](COS(=O)(=O)O)[C@@H](O)[C@H](OCc4ccccc4)C3O)c2)[C@H]1O. The third-order valence-corrected chi connectivity index (χ3v) is 12.9. The summed E-state index contributed by atoms with van der Waals surface area (Å²) in [5.74, 6) is -1.00. The van der Waals surface area contributed by atoms with Crippen LogP contribution in [0.2, 0.25) is 0 Å². The number of amides is 2. The van der Waals surface area contributed by atoms with Crippen LogP contribution in [-0.2, 0) is 40.5 Å². The van der Waals surface area contributed by atoms with E-state index in [1.165, 1.54) is 0 Å². The minimum Gasteiger partial charge on any atom is -0.392 e. The van der Waals surface area contributed by atoms with Gasteiger partial charge in [-0.05, 0) is 59.9 Å².